The molecule has 0 aliphatic rings. The maximum absolute atomic E-state index is 12.3. The van der Waals surface area contributed by atoms with E-state index >= 15 is 0 Å². The fourth-order valence-corrected chi connectivity index (χ4v) is 2.77. The second-order valence-corrected chi connectivity index (χ2v) is 7.18. The summed E-state index contributed by atoms with van der Waals surface area (Å²) in [6, 6.07) is 13.5. The van der Waals surface area contributed by atoms with Crippen molar-refractivity contribution in [1.29, 1.82) is 0 Å². The van der Waals surface area contributed by atoms with Crippen LogP contribution in [0.5, 0.6) is 5.75 Å². The second kappa shape index (κ2) is 7.35. The van der Waals surface area contributed by atoms with Crippen molar-refractivity contribution in [2.75, 3.05) is 18.1 Å². The number of anilines is 1. The largest absolute Gasteiger partial charge is 0.497 e. The minimum Gasteiger partial charge on any atom is -0.497 e. The molecule has 0 fully saturated rings. The van der Waals surface area contributed by atoms with Crippen molar-refractivity contribution >= 4 is 21.6 Å². The first-order valence-corrected chi connectivity index (χ1v) is 9.20. The Bertz CT molecular complexity index is 834. The van der Waals surface area contributed by atoms with E-state index < -0.39 is 10.0 Å². The standard InChI is InChI=1S/C17H20N2O4S/c1-12(13-6-4-8-15(10-13)19-24(3,21)22)18-17(20)14-7-5-9-16(11-14)23-2/h4-12,19H,1-3H3,(H,18,20)/t12-/m0/s1. The molecule has 2 rings (SSSR count). The van der Waals surface area contributed by atoms with Crippen LogP contribution in [-0.2, 0) is 10.0 Å². The highest BCUT2D eigenvalue weighted by molar-refractivity contribution is 7.92. The average molecular weight is 348 g/mol. The maximum atomic E-state index is 12.3. The van der Waals surface area contributed by atoms with Crippen LogP contribution in [0, 0.1) is 0 Å². The van der Waals surface area contributed by atoms with Crippen LogP contribution >= 0.6 is 0 Å². The molecule has 7 heteroatoms. The van der Waals surface area contributed by atoms with Crippen LogP contribution in [0.3, 0.4) is 0 Å². The van der Waals surface area contributed by atoms with Gasteiger partial charge in [-0.3, -0.25) is 9.52 Å². The highest BCUT2D eigenvalue weighted by Gasteiger charge is 2.13. The summed E-state index contributed by atoms with van der Waals surface area (Å²) in [5.41, 5.74) is 1.74. The quantitative estimate of drug-likeness (QED) is 0.840. The number of carbonyl (C=O) groups excluding carboxylic acids is 1. The van der Waals surface area contributed by atoms with Gasteiger partial charge in [0.2, 0.25) is 10.0 Å². The lowest BCUT2D eigenvalue weighted by molar-refractivity contribution is 0.0939. The normalized spacial score (nSPS) is 12.3. The SMILES string of the molecule is COc1cccc(C(=O)N[C@@H](C)c2cccc(NS(C)(=O)=O)c2)c1. The number of carbonyl (C=O) groups is 1. The molecule has 0 spiro atoms. The minimum absolute atomic E-state index is 0.233. The van der Waals surface area contributed by atoms with E-state index in [1.807, 2.05) is 13.0 Å². The Morgan fingerprint density at radius 3 is 2.50 bits per heavy atom. The summed E-state index contributed by atoms with van der Waals surface area (Å²) in [6.45, 7) is 1.83. The highest BCUT2D eigenvalue weighted by Crippen LogP contribution is 2.19. The highest BCUT2D eigenvalue weighted by atomic mass is 32.2. The van der Waals surface area contributed by atoms with E-state index in [1.165, 1.54) is 0 Å². The number of sulfonamides is 1. The van der Waals surface area contributed by atoms with Gasteiger partial charge < -0.3 is 10.1 Å². The van der Waals surface area contributed by atoms with E-state index in [1.54, 1.807) is 49.6 Å². The summed E-state index contributed by atoms with van der Waals surface area (Å²) >= 11 is 0. The number of benzene rings is 2. The molecule has 0 aliphatic heterocycles. The van der Waals surface area contributed by atoms with Crippen LogP contribution in [0.2, 0.25) is 0 Å². The van der Waals surface area contributed by atoms with E-state index in [4.69, 9.17) is 4.74 Å². The number of nitrogens with one attached hydrogen (secondary N) is 2. The summed E-state index contributed by atoms with van der Waals surface area (Å²) < 4.78 is 30.2. The zero-order chi connectivity index (χ0) is 17.7. The molecule has 1 amide bonds. The first kappa shape index (κ1) is 17.8. The lowest BCUT2D eigenvalue weighted by atomic mass is 10.1. The Labute approximate surface area is 141 Å². The van der Waals surface area contributed by atoms with Crippen molar-refractivity contribution in [1.82, 2.24) is 5.32 Å². The van der Waals surface area contributed by atoms with Gasteiger partial charge in [0.1, 0.15) is 5.75 Å². The number of amides is 1. The number of ether oxygens (including phenoxy) is 1. The lowest BCUT2D eigenvalue weighted by Crippen LogP contribution is -2.26. The van der Waals surface area contributed by atoms with E-state index in [0.717, 1.165) is 11.8 Å². The lowest BCUT2D eigenvalue weighted by Gasteiger charge is -2.16. The van der Waals surface area contributed by atoms with Crippen LogP contribution in [-0.4, -0.2) is 27.7 Å². The smallest absolute Gasteiger partial charge is 0.251 e. The molecule has 0 radical (unpaired) electrons. The summed E-state index contributed by atoms with van der Waals surface area (Å²) in [5, 5.41) is 2.88. The predicted octanol–water partition coefficient (Wildman–Crippen LogP) is 2.56. The fraction of sp³-hybridized carbons (Fsp3) is 0.235. The third kappa shape index (κ3) is 4.99. The van der Waals surface area contributed by atoms with Crippen molar-refractivity contribution in [2.45, 2.75) is 13.0 Å². The zero-order valence-electron chi connectivity index (χ0n) is 13.7. The first-order chi connectivity index (χ1) is 11.3. The van der Waals surface area contributed by atoms with Gasteiger partial charge in [-0.2, -0.15) is 0 Å². The van der Waals surface area contributed by atoms with Gasteiger partial charge in [-0.25, -0.2) is 8.42 Å². The second-order valence-electron chi connectivity index (χ2n) is 5.43. The predicted molar refractivity (Wildman–Crippen MR) is 93.8 cm³/mol. The van der Waals surface area contributed by atoms with Gasteiger partial charge in [-0.1, -0.05) is 18.2 Å². The minimum atomic E-state index is -3.34. The van der Waals surface area contributed by atoms with Gasteiger partial charge in [0.15, 0.2) is 0 Å². The molecule has 2 aromatic carbocycles. The molecule has 128 valence electrons. The maximum Gasteiger partial charge on any atom is 0.251 e. The molecular formula is C17H20N2O4S. The van der Waals surface area contributed by atoms with Crippen molar-refractivity contribution in [3.63, 3.8) is 0 Å². The third-order valence-electron chi connectivity index (χ3n) is 3.37. The summed E-state index contributed by atoms with van der Waals surface area (Å²) in [5.74, 6) is 0.373. The van der Waals surface area contributed by atoms with Gasteiger partial charge in [0.05, 0.1) is 19.4 Å². The molecule has 24 heavy (non-hydrogen) atoms. The van der Waals surface area contributed by atoms with Crippen LogP contribution in [0.15, 0.2) is 48.5 Å². The molecule has 0 saturated heterocycles. The van der Waals surface area contributed by atoms with Crippen molar-refractivity contribution < 1.29 is 17.9 Å². The van der Waals surface area contributed by atoms with Gasteiger partial charge in [0.25, 0.3) is 5.91 Å². The Balaban J connectivity index is 2.12. The molecule has 0 aromatic heterocycles. The third-order valence-corrected chi connectivity index (χ3v) is 3.98. The molecule has 1 atom stereocenters. The molecule has 0 saturated carbocycles. The van der Waals surface area contributed by atoms with E-state index in [-0.39, 0.29) is 11.9 Å². The van der Waals surface area contributed by atoms with Crippen LogP contribution in [0.4, 0.5) is 5.69 Å². The fourth-order valence-electron chi connectivity index (χ4n) is 2.21. The van der Waals surface area contributed by atoms with Crippen molar-refractivity contribution in [2.24, 2.45) is 0 Å². The molecule has 0 aliphatic carbocycles. The monoisotopic (exact) mass is 348 g/mol. The van der Waals surface area contributed by atoms with E-state index in [2.05, 4.69) is 10.0 Å². The molecule has 6 nitrogen and oxygen atoms in total. The van der Waals surface area contributed by atoms with Gasteiger partial charge in [-0.05, 0) is 42.8 Å². The molecule has 0 heterocycles. The van der Waals surface area contributed by atoms with Gasteiger partial charge in [-0.15, -0.1) is 0 Å². The summed E-state index contributed by atoms with van der Waals surface area (Å²) in [4.78, 5) is 12.3. The van der Waals surface area contributed by atoms with Crippen molar-refractivity contribution in [3.05, 3.63) is 59.7 Å². The Morgan fingerprint density at radius 1 is 1.12 bits per heavy atom. The van der Waals surface area contributed by atoms with Gasteiger partial charge >= 0.3 is 0 Å². The topological polar surface area (TPSA) is 84.5 Å². The van der Waals surface area contributed by atoms with E-state index in [9.17, 15) is 13.2 Å². The molecule has 2 N–H and O–H groups in total. The Morgan fingerprint density at radius 2 is 1.83 bits per heavy atom. The van der Waals surface area contributed by atoms with Crippen molar-refractivity contribution in [3.8, 4) is 5.75 Å². The van der Waals surface area contributed by atoms with Crippen LogP contribution < -0.4 is 14.8 Å². The number of methoxy groups -OCH3 is 1. The first-order valence-electron chi connectivity index (χ1n) is 7.31. The molecule has 0 bridgehead atoms. The summed E-state index contributed by atoms with van der Waals surface area (Å²) in [6.07, 6.45) is 1.09. The molecule has 0 unspecified atom stereocenters. The van der Waals surface area contributed by atoms with Gasteiger partial charge in [0, 0.05) is 11.3 Å². The number of rotatable bonds is 6. The Hall–Kier alpha value is -2.54. The van der Waals surface area contributed by atoms with E-state index in [0.29, 0.717) is 17.0 Å². The zero-order valence-corrected chi connectivity index (χ0v) is 14.6. The average Bonchev–Trinajstić information content (AvgIpc) is 2.53. The van der Waals surface area contributed by atoms with Crippen LogP contribution in [0.1, 0.15) is 28.9 Å². The summed E-state index contributed by atoms with van der Waals surface area (Å²) in [7, 11) is -1.80. The molecule has 2 aromatic rings. The number of hydrogen-bond acceptors (Lipinski definition) is 4. The van der Waals surface area contributed by atoms with Crippen LogP contribution in [0.25, 0.3) is 0 Å². The number of hydrogen-bond donors (Lipinski definition) is 2. The molecular weight excluding hydrogens is 328 g/mol. The Kier molecular flexibility index (Phi) is 5.46.